The van der Waals surface area contributed by atoms with Gasteiger partial charge in [-0.25, -0.2) is 0 Å². The number of hydrogen-bond acceptors (Lipinski definition) is 3. The molecule has 25 heavy (non-hydrogen) atoms. The molecule has 4 nitrogen and oxygen atoms in total. The Morgan fingerprint density at radius 2 is 2.04 bits per heavy atom. The maximum atomic E-state index is 12.6. The van der Waals surface area contributed by atoms with Crippen LogP contribution in [-0.4, -0.2) is 30.5 Å². The fourth-order valence-electron chi connectivity index (χ4n) is 4.45. The van der Waals surface area contributed by atoms with Crippen LogP contribution in [0.5, 0.6) is 5.75 Å². The zero-order valence-corrected chi connectivity index (χ0v) is 14.3. The Morgan fingerprint density at radius 3 is 3.00 bits per heavy atom. The zero-order valence-electron chi connectivity index (χ0n) is 14.3. The van der Waals surface area contributed by atoms with E-state index in [9.17, 15) is 4.79 Å². The number of nitrogens with zero attached hydrogens (tertiary/aromatic N) is 1. The van der Waals surface area contributed by atoms with E-state index in [0.29, 0.717) is 18.2 Å². The minimum absolute atomic E-state index is 0.0475. The molecule has 0 radical (unpaired) electrons. The molecule has 2 aromatic rings. The highest BCUT2D eigenvalue weighted by molar-refractivity contribution is 6.04. The molecule has 0 aliphatic carbocycles. The molecular formula is C21H22N2O2. The molecular weight excluding hydrogens is 312 g/mol. The molecule has 2 aromatic carbocycles. The van der Waals surface area contributed by atoms with Crippen molar-refractivity contribution in [2.24, 2.45) is 0 Å². The summed E-state index contributed by atoms with van der Waals surface area (Å²) in [6.07, 6.45) is 4.50. The van der Waals surface area contributed by atoms with Crippen LogP contribution in [0.1, 0.15) is 45.9 Å². The molecule has 3 aliphatic rings. The van der Waals surface area contributed by atoms with Gasteiger partial charge in [0, 0.05) is 30.3 Å². The predicted octanol–water partition coefficient (Wildman–Crippen LogP) is 3.57. The minimum atomic E-state index is -0.0475. The second-order valence-corrected chi connectivity index (χ2v) is 7.23. The number of carbonyl (C=O) groups excluding carboxylic acids is 1. The van der Waals surface area contributed by atoms with E-state index < -0.39 is 0 Å². The molecule has 1 amide bonds. The van der Waals surface area contributed by atoms with Crippen LogP contribution in [0.3, 0.4) is 0 Å². The number of hydrogen-bond donors (Lipinski definition) is 1. The van der Waals surface area contributed by atoms with Crippen molar-refractivity contribution in [1.29, 1.82) is 0 Å². The van der Waals surface area contributed by atoms with E-state index in [-0.39, 0.29) is 5.91 Å². The van der Waals surface area contributed by atoms with Gasteiger partial charge >= 0.3 is 0 Å². The lowest BCUT2D eigenvalue weighted by Gasteiger charge is -2.32. The number of benzene rings is 2. The van der Waals surface area contributed by atoms with E-state index in [4.69, 9.17) is 4.74 Å². The number of carbonyl (C=O) groups is 1. The second-order valence-electron chi connectivity index (χ2n) is 7.23. The molecule has 0 spiro atoms. The number of amides is 1. The van der Waals surface area contributed by atoms with Gasteiger partial charge in [0.2, 0.25) is 0 Å². The zero-order chi connectivity index (χ0) is 16.8. The Labute approximate surface area is 147 Å². The molecule has 4 heteroatoms. The van der Waals surface area contributed by atoms with Crippen LogP contribution in [0.15, 0.2) is 36.4 Å². The first-order valence-corrected chi connectivity index (χ1v) is 9.22. The summed E-state index contributed by atoms with van der Waals surface area (Å²) < 4.78 is 5.52. The molecule has 1 unspecified atom stereocenters. The number of fused-ring (bicyclic) bond motifs is 4. The summed E-state index contributed by atoms with van der Waals surface area (Å²) in [5, 5.41) is 3.08. The van der Waals surface area contributed by atoms with E-state index in [1.807, 2.05) is 24.3 Å². The molecule has 1 saturated heterocycles. The average molecular weight is 334 g/mol. The van der Waals surface area contributed by atoms with Gasteiger partial charge in [0.1, 0.15) is 5.75 Å². The van der Waals surface area contributed by atoms with Crippen molar-refractivity contribution in [2.45, 2.75) is 31.7 Å². The monoisotopic (exact) mass is 334 g/mol. The van der Waals surface area contributed by atoms with Crippen molar-refractivity contribution in [2.75, 3.05) is 25.0 Å². The van der Waals surface area contributed by atoms with Crippen molar-refractivity contribution in [1.82, 2.24) is 4.90 Å². The molecule has 3 aliphatic heterocycles. The number of nitrogens with one attached hydrogen (secondary N) is 1. The van der Waals surface area contributed by atoms with E-state index in [1.165, 1.54) is 37.1 Å². The minimum Gasteiger partial charge on any atom is -0.493 e. The summed E-state index contributed by atoms with van der Waals surface area (Å²) in [5.41, 5.74) is 5.57. The Kier molecular flexibility index (Phi) is 3.52. The molecule has 0 saturated carbocycles. The number of anilines is 1. The average Bonchev–Trinajstić information content (AvgIpc) is 3.30. The van der Waals surface area contributed by atoms with Crippen LogP contribution in [0.25, 0.3) is 0 Å². The van der Waals surface area contributed by atoms with Crippen LogP contribution in [0.2, 0.25) is 0 Å². The van der Waals surface area contributed by atoms with Gasteiger partial charge in [-0.1, -0.05) is 6.07 Å². The lowest BCUT2D eigenvalue weighted by atomic mass is 9.92. The standard InChI is InChI=1S/C21H22N2O2/c24-21(16-4-6-20-15(12-16)8-11-25-20)22-17-5-3-14-7-10-23-9-1-2-19(23)18(14)13-17/h3-6,12-13,19H,1-2,7-11H2,(H,22,24). The van der Waals surface area contributed by atoms with Crippen molar-refractivity contribution in [3.05, 3.63) is 58.7 Å². The highest BCUT2D eigenvalue weighted by Crippen LogP contribution is 2.38. The van der Waals surface area contributed by atoms with Crippen molar-refractivity contribution in [3.8, 4) is 5.75 Å². The molecule has 0 aromatic heterocycles. The third kappa shape index (κ3) is 2.61. The predicted molar refractivity (Wildman–Crippen MR) is 97.3 cm³/mol. The Morgan fingerprint density at radius 1 is 1.08 bits per heavy atom. The molecule has 3 heterocycles. The van der Waals surface area contributed by atoms with E-state index in [0.717, 1.165) is 29.8 Å². The van der Waals surface area contributed by atoms with Gasteiger partial charge in [-0.15, -0.1) is 0 Å². The van der Waals surface area contributed by atoms with Crippen LogP contribution in [-0.2, 0) is 12.8 Å². The van der Waals surface area contributed by atoms with E-state index in [2.05, 4.69) is 22.3 Å². The molecule has 1 N–H and O–H groups in total. The first kappa shape index (κ1) is 15.0. The van der Waals surface area contributed by atoms with Crippen molar-refractivity contribution >= 4 is 11.6 Å². The number of ether oxygens (including phenoxy) is 1. The van der Waals surface area contributed by atoms with Crippen LogP contribution >= 0.6 is 0 Å². The van der Waals surface area contributed by atoms with Gasteiger partial charge in [0.25, 0.3) is 5.91 Å². The molecule has 1 atom stereocenters. The Balaban J connectivity index is 1.39. The maximum Gasteiger partial charge on any atom is 0.255 e. The first-order chi connectivity index (χ1) is 12.3. The second kappa shape index (κ2) is 5.88. The van der Waals surface area contributed by atoms with Gasteiger partial charge in [0.15, 0.2) is 0 Å². The van der Waals surface area contributed by atoms with E-state index in [1.54, 1.807) is 0 Å². The molecule has 128 valence electrons. The lowest BCUT2D eigenvalue weighted by Crippen LogP contribution is -2.31. The normalized spacial score (nSPS) is 21.2. The van der Waals surface area contributed by atoms with Crippen LogP contribution < -0.4 is 10.1 Å². The maximum absolute atomic E-state index is 12.6. The van der Waals surface area contributed by atoms with Gasteiger partial charge in [-0.2, -0.15) is 0 Å². The third-order valence-corrected chi connectivity index (χ3v) is 5.75. The largest absolute Gasteiger partial charge is 0.493 e. The summed E-state index contributed by atoms with van der Waals surface area (Å²) in [4.78, 5) is 15.2. The molecule has 0 bridgehead atoms. The van der Waals surface area contributed by atoms with Crippen molar-refractivity contribution < 1.29 is 9.53 Å². The van der Waals surface area contributed by atoms with Gasteiger partial charge < -0.3 is 10.1 Å². The Bertz CT molecular complexity index is 846. The lowest BCUT2D eigenvalue weighted by molar-refractivity contribution is 0.102. The summed E-state index contributed by atoms with van der Waals surface area (Å²) in [5.74, 6) is 0.861. The first-order valence-electron chi connectivity index (χ1n) is 9.22. The summed E-state index contributed by atoms with van der Waals surface area (Å²) >= 11 is 0. The summed E-state index contributed by atoms with van der Waals surface area (Å²) in [6.45, 7) is 3.08. The van der Waals surface area contributed by atoms with Gasteiger partial charge in [-0.3, -0.25) is 9.69 Å². The smallest absolute Gasteiger partial charge is 0.255 e. The van der Waals surface area contributed by atoms with Crippen LogP contribution in [0.4, 0.5) is 5.69 Å². The van der Waals surface area contributed by atoms with Gasteiger partial charge in [-0.05, 0) is 72.8 Å². The number of rotatable bonds is 2. The highest BCUT2D eigenvalue weighted by atomic mass is 16.5. The summed E-state index contributed by atoms with van der Waals surface area (Å²) in [7, 11) is 0. The fraction of sp³-hybridized carbons (Fsp3) is 0.381. The Hall–Kier alpha value is -2.33. The topological polar surface area (TPSA) is 41.6 Å². The molecule has 1 fully saturated rings. The van der Waals surface area contributed by atoms with Gasteiger partial charge in [0.05, 0.1) is 6.61 Å². The summed E-state index contributed by atoms with van der Waals surface area (Å²) in [6, 6.07) is 12.7. The molecule has 5 rings (SSSR count). The highest BCUT2D eigenvalue weighted by Gasteiger charge is 2.31. The van der Waals surface area contributed by atoms with Crippen molar-refractivity contribution in [3.63, 3.8) is 0 Å². The SMILES string of the molecule is O=C(Nc1ccc2c(c1)C1CCCN1CC2)c1ccc2c(c1)CCO2. The van der Waals surface area contributed by atoms with Crippen LogP contribution in [0, 0.1) is 0 Å². The fourth-order valence-corrected chi connectivity index (χ4v) is 4.45. The third-order valence-electron chi connectivity index (χ3n) is 5.75. The quantitative estimate of drug-likeness (QED) is 0.913. The van der Waals surface area contributed by atoms with E-state index >= 15 is 0 Å².